The molecule has 2 saturated carbocycles. The molecule has 0 bridgehead atoms. The van der Waals surface area contributed by atoms with E-state index in [9.17, 15) is 4.79 Å². The van der Waals surface area contributed by atoms with Gasteiger partial charge in [-0.15, -0.1) is 0 Å². The summed E-state index contributed by atoms with van der Waals surface area (Å²) < 4.78 is 0. The standard InChI is InChI=1S/C14H29N5O/c15-10-3-1-8(5-12(10)17)6-14(20)19-9-2-4-11(16)13(18)7-9/h8-13H,1-7,15-18H2,(H,19,20). The summed E-state index contributed by atoms with van der Waals surface area (Å²) in [5, 5.41) is 3.10. The molecule has 0 aromatic carbocycles. The number of rotatable bonds is 3. The third-order valence-electron chi connectivity index (χ3n) is 4.86. The summed E-state index contributed by atoms with van der Waals surface area (Å²) in [4.78, 5) is 12.1. The van der Waals surface area contributed by atoms with E-state index in [1.165, 1.54) is 0 Å². The van der Waals surface area contributed by atoms with E-state index in [1.54, 1.807) is 0 Å². The molecule has 9 N–H and O–H groups in total. The van der Waals surface area contributed by atoms with Gasteiger partial charge in [0.25, 0.3) is 0 Å². The molecule has 0 heterocycles. The van der Waals surface area contributed by atoms with E-state index >= 15 is 0 Å². The Balaban J connectivity index is 1.73. The van der Waals surface area contributed by atoms with Crippen LogP contribution in [0.2, 0.25) is 0 Å². The Morgan fingerprint density at radius 2 is 1.45 bits per heavy atom. The van der Waals surface area contributed by atoms with Gasteiger partial charge in [-0.1, -0.05) is 0 Å². The summed E-state index contributed by atoms with van der Waals surface area (Å²) in [5.74, 6) is 0.481. The summed E-state index contributed by atoms with van der Waals surface area (Å²) in [6.07, 6.45) is 5.91. The fourth-order valence-corrected chi connectivity index (χ4v) is 3.41. The lowest BCUT2D eigenvalue weighted by Crippen LogP contribution is -2.52. The molecule has 0 aromatic rings. The van der Waals surface area contributed by atoms with Crippen LogP contribution in [0.5, 0.6) is 0 Å². The molecular formula is C14H29N5O. The van der Waals surface area contributed by atoms with Crippen molar-refractivity contribution in [2.75, 3.05) is 0 Å². The smallest absolute Gasteiger partial charge is 0.220 e. The normalized spacial score (nSPS) is 42.2. The fraction of sp³-hybridized carbons (Fsp3) is 0.929. The summed E-state index contributed by atoms with van der Waals surface area (Å²) in [6.45, 7) is 0. The summed E-state index contributed by atoms with van der Waals surface area (Å²) in [7, 11) is 0. The van der Waals surface area contributed by atoms with Crippen LogP contribution in [-0.2, 0) is 4.79 Å². The lowest BCUT2D eigenvalue weighted by atomic mass is 9.81. The van der Waals surface area contributed by atoms with Crippen LogP contribution in [0.1, 0.15) is 44.9 Å². The van der Waals surface area contributed by atoms with Crippen molar-refractivity contribution in [1.82, 2.24) is 5.32 Å². The van der Waals surface area contributed by atoms with E-state index in [1.807, 2.05) is 0 Å². The van der Waals surface area contributed by atoms with Crippen LogP contribution in [0.3, 0.4) is 0 Å². The summed E-state index contributed by atoms with van der Waals surface area (Å²) in [5.41, 5.74) is 23.7. The molecule has 2 aliphatic carbocycles. The first-order valence-corrected chi connectivity index (χ1v) is 7.77. The fourth-order valence-electron chi connectivity index (χ4n) is 3.41. The van der Waals surface area contributed by atoms with Crippen molar-refractivity contribution in [2.24, 2.45) is 28.9 Å². The molecule has 20 heavy (non-hydrogen) atoms. The molecule has 2 aliphatic rings. The van der Waals surface area contributed by atoms with Gasteiger partial charge in [-0.3, -0.25) is 4.79 Å². The summed E-state index contributed by atoms with van der Waals surface area (Å²) in [6, 6.07) is 0.364. The van der Waals surface area contributed by atoms with Crippen molar-refractivity contribution in [1.29, 1.82) is 0 Å². The van der Waals surface area contributed by atoms with Gasteiger partial charge in [-0.2, -0.15) is 0 Å². The van der Waals surface area contributed by atoms with Crippen LogP contribution < -0.4 is 28.3 Å². The molecule has 2 fully saturated rings. The molecule has 0 aromatic heterocycles. The van der Waals surface area contributed by atoms with Crippen LogP contribution in [-0.4, -0.2) is 36.1 Å². The Hall–Kier alpha value is -0.690. The molecule has 6 atom stereocenters. The number of carbonyl (C=O) groups is 1. The minimum absolute atomic E-state index is 0.00449. The van der Waals surface area contributed by atoms with E-state index in [0.717, 1.165) is 38.5 Å². The zero-order valence-electron chi connectivity index (χ0n) is 12.1. The van der Waals surface area contributed by atoms with Gasteiger partial charge in [-0.25, -0.2) is 0 Å². The van der Waals surface area contributed by atoms with Gasteiger partial charge in [0.15, 0.2) is 0 Å². The number of carbonyl (C=O) groups excluding carboxylic acids is 1. The number of nitrogens with two attached hydrogens (primary N) is 4. The lowest BCUT2D eigenvalue weighted by molar-refractivity contribution is -0.123. The molecule has 6 heteroatoms. The SMILES string of the molecule is NC1CCC(CC(=O)NC2CCC(N)C(N)C2)CC1N. The van der Waals surface area contributed by atoms with Gasteiger partial charge in [0.1, 0.15) is 0 Å². The first-order chi connectivity index (χ1) is 9.45. The second-order valence-corrected chi connectivity index (χ2v) is 6.62. The highest BCUT2D eigenvalue weighted by atomic mass is 16.1. The number of amides is 1. The predicted octanol–water partition coefficient (Wildman–Crippen LogP) is -0.845. The largest absolute Gasteiger partial charge is 0.353 e. The molecule has 6 nitrogen and oxygen atoms in total. The van der Waals surface area contributed by atoms with Crippen molar-refractivity contribution in [3.05, 3.63) is 0 Å². The molecule has 1 amide bonds. The Morgan fingerprint density at radius 3 is 2.05 bits per heavy atom. The van der Waals surface area contributed by atoms with Crippen LogP contribution >= 0.6 is 0 Å². The van der Waals surface area contributed by atoms with E-state index in [0.29, 0.717) is 12.3 Å². The topological polar surface area (TPSA) is 133 Å². The van der Waals surface area contributed by atoms with E-state index in [2.05, 4.69) is 5.32 Å². The number of nitrogens with one attached hydrogen (secondary N) is 1. The van der Waals surface area contributed by atoms with Crippen molar-refractivity contribution in [3.63, 3.8) is 0 Å². The molecule has 6 unspecified atom stereocenters. The maximum atomic E-state index is 12.1. The van der Waals surface area contributed by atoms with Crippen molar-refractivity contribution in [2.45, 2.75) is 75.2 Å². The molecular weight excluding hydrogens is 254 g/mol. The number of hydrogen-bond acceptors (Lipinski definition) is 5. The van der Waals surface area contributed by atoms with Crippen molar-refractivity contribution in [3.8, 4) is 0 Å². The predicted molar refractivity (Wildman–Crippen MR) is 79.6 cm³/mol. The zero-order chi connectivity index (χ0) is 14.7. The van der Waals surface area contributed by atoms with Gasteiger partial charge < -0.3 is 28.3 Å². The highest BCUT2D eigenvalue weighted by molar-refractivity contribution is 5.76. The van der Waals surface area contributed by atoms with Gasteiger partial charge in [0, 0.05) is 36.6 Å². The summed E-state index contributed by atoms with van der Waals surface area (Å²) >= 11 is 0. The molecule has 0 radical (unpaired) electrons. The van der Waals surface area contributed by atoms with Gasteiger partial charge in [-0.05, 0) is 44.4 Å². The molecule has 0 spiro atoms. The van der Waals surface area contributed by atoms with E-state index in [-0.39, 0.29) is 36.1 Å². The van der Waals surface area contributed by atoms with Gasteiger partial charge >= 0.3 is 0 Å². The first-order valence-electron chi connectivity index (χ1n) is 7.77. The first kappa shape index (κ1) is 15.7. The number of hydrogen-bond donors (Lipinski definition) is 5. The third-order valence-corrected chi connectivity index (χ3v) is 4.86. The average Bonchev–Trinajstić information content (AvgIpc) is 2.38. The lowest BCUT2D eigenvalue weighted by Gasteiger charge is -2.34. The Bertz CT molecular complexity index is 308. The van der Waals surface area contributed by atoms with E-state index < -0.39 is 0 Å². The minimum Gasteiger partial charge on any atom is -0.353 e. The van der Waals surface area contributed by atoms with Crippen LogP contribution in [0.4, 0.5) is 0 Å². The van der Waals surface area contributed by atoms with Crippen LogP contribution in [0, 0.1) is 5.92 Å². The maximum absolute atomic E-state index is 12.1. The van der Waals surface area contributed by atoms with Crippen LogP contribution in [0.15, 0.2) is 0 Å². The second kappa shape index (κ2) is 6.85. The highest BCUT2D eigenvalue weighted by Crippen LogP contribution is 2.25. The second-order valence-electron chi connectivity index (χ2n) is 6.62. The van der Waals surface area contributed by atoms with Crippen molar-refractivity contribution >= 4 is 5.91 Å². The Kier molecular flexibility index (Phi) is 5.37. The Labute approximate surface area is 121 Å². The Morgan fingerprint density at radius 1 is 0.850 bits per heavy atom. The minimum atomic E-state index is -0.00449. The molecule has 2 rings (SSSR count). The maximum Gasteiger partial charge on any atom is 0.220 e. The van der Waals surface area contributed by atoms with E-state index in [4.69, 9.17) is 22.9 Å². The molecule has 116 valence electrons. The molecule has 0 saturated heterocycles. The zero-order valence-corrected chi connectivity index (χ0v) is 12.1. The quantitative estimate of drug-likeness (QED) is 0.460. The molecule has 0 aliphatic heterocycles. The third kappa shape index (κ3) is 4.15. The highest BCUT2D eigenvalue weighted by Gasteiger charge is 2.29. The van der Waals surface area contributed by atoms with Gasteiger partial charge in [0.05, 0.1) is 0 Å². The van der Waals surface area contributed by atoms with Crippen LogP contribution in [0.25, 0.3) is 0 Å². The van der Waals surface area contributed by atoms with Gasteiger partial charge in [0.2, 0.25) is 5.91 Å². The average molecular weight is 283 g/mol. The van der Waals surface area contributed by atoms with Crippen molar-refractivity contribution < 1.29 is 4.79 Å². The monoisotopic (exact) mass is 283 g/mol.